The van der Waals surface area contributed by atoms with Gasteiger partial charge in [-0.25, -0.2) is 0 Å². The summed E-state index contributed by atoms with van der Waals surface area (Å²) in [7, 11) is 0. The van der Waals surface area contributed by atoms with Gasteiger partial charge >= 0.3 is 0 Å². The van der Waals surface area contributed by atoms with Crippen LogP contribution in [0.3, 0.4) is 0 Å². The number of aliphatic imine (C=N–C) groups is 1. The minimum atomic E-state index is 0. The number of ether oxygens (including phenoxy) is 2. The summed E-state index contributed by atoms with van der Waals surface area (Å²) >= 11 is 1.80. The zero-order valence-electron chi connectivity index (χ0n) is 17.8. The standard InChI is InChI=1S/C22H32N4O2S.HI/c1-3-23-22(24-16-18(2)28-19-8-5-4-6-9-19)25-17-20(21-10-7-15-29-21)26-11-13-27-14-12-26;/h4-10,15,18,20H,3,11-14,16-17H2,1-2H3,(H2,23,24,25);1H. The maximum absolute atomic E-state index is 5.96. The Balaban J connectivity index is 0.00000320. The molecule has 2 heterocycles. The predicted molar refractivity (Wildman–Crippen MR) is 135 cm³/mol. The lowest BCUT2D eigenvalue weighted by atomic mass is 10.2. The highest BCUT2D eigenvalue weighted by Crippen LogP contribution is 2.26. The van der Waals surface area contributed by atoms with Crippen LogP contribution < -0.4 is 15.4 Å². The highest BCUT2D eigenvalue weighted by Gasteiger charge is 2.23. The number of halogens is 1. The van der Waals surface area contributed by atoms with Crippen LogP contribution in [0, 0.1) is 0 Å². The fourth-order valence-corrected chi connectivity index (χ4v) is 4.14. The lowest BCUT2D eigenvalue weighted by molar-refractivity contribution is 0.0186. The lowest BCUT2D eigenvalue weighted by Crippen LogP contribution is -2.43. The van der Waals surface area contributed by atoms with Crippen molar-refractivity contribution in [2.24, 2.45) is 4.99 Å². The molecule has 0 bridgehead atoms. The number of benzene rings is 1. The Morgan fingerprint density at radius 3 is 2.60 bits per heavy atom. The molecule has 0 saturated carbocycles. The van der Waals surface area contributed by atoms with Crippen LogP contribution in [0.2, 0.25) is 0 Å². The second-order valence-corrected chi connectivity index (χ2v) is 8.00. The maximum Gasteiger partial charge on any atom is 0.191 e. The van der Waals surface area contributed by atoms with E-state index in [1.165, 1.54) is 4.88 Å². The summed E-state index contributed by atoms with van der Waals surface area (Å²) in [6.45, 7) is 9.84. The van der Waals surface area contributed by atoms with Gasteiger partial charge in [-0.1, -0.05) is 24.3 Å². The molecule has 2 unspecified atom stereocenters. The van der Waals surface area contributed by atoms with Crippen molar-refractivity contribution in [3.63, 3.8) is 0 Å². The van der Waals surface area contributed by atoms with E-state index in [9.17, 15) is 0 Å². The number of thiophene rings is 1. The van der Waals surface area contributed by atoms with Crippen molar-refractivity contribution in [2.45, 2.75) is 26.0 Å². The Kier molecular flexibility index (Phi) is 11.5. The van der Waals surface area contributed by atoms with Gasteiger partial charge in [-0.3, -0.25) is 9.89 Å². The van der Waals surface area contributed by atoms with Gasteiger partial charge in [0.25, 0.3) is 0 Å². The second kappa shape index (κ2) is 13.8. The molecule has 8 heteroatoms. The third kappa shape index (κ3) is 8.05. The van der Waals surface area contributed by atoms with Crippen molar-refractivity contribution >= 4 is 41.3 Å². The SMILES string of the molecule is CCNC(=NCC(c1cccs1)N1CCOCC1)NCC(C)Oc1ccccc1.I. The molecule has 0 amide bonds. The van der Waals surface area contributed by atoms with Gasteiger partial charge in [0.15, 0.2) is 5.96 Å². The fourth-order valence-electron chi connectivity index (χ4n) is 3.29. The molecule has 1 saturated heterocycles. The van der Waals surface area contributed by atoms with Crippen LogP contribution in [0.5, 0.6) is 5.75 Å². The number of nitrogens with one attached hydrogen (secondary N) is 2. The molecule has 1 aliphatic rings. The van der Waals surface area contributed by atoms with Crippen molar-refractivity contribution < 1.29 is 9.47 Å². The molecule has 2 atom stereocenters. The van der Waals surface area contributed by atoms with Crippen LogP contribution >= 0.6 is 35.3 Å². The molecule has 0 radical (unpaired) electrons. The Morgan fingerprint density at radius 1 is 1.17 bits per heavy atom. The monoisotopic (exact) mass is 544 g/mol. The van der Waals surface area contributed by atoms with Gasteiger partial charge in [-0.2, -0.15) is 0 Å². The van der Waals surface area contributed by atoms with Gasteiger partial charge < -0.3 is 20.1 Å². The Hall–Kier alpha value is -1.36. The summed E-state index contributed by atoms with van der Waals surface area (Å²) in [5, 5.41) is 8.90. The molecule has 1 aromatic carbocycles. The molecule has 0 spiro atoms. The summed E-state index contributed by atoms with van der Waals surface area (Å²) in [5.74, 6) is 1.71. The molecule has 166 valence electrons. The van der Waals surface area contributed by atoms with Crippen molar-refractivity contribution in [3.8, 4) is 5.75 Å². The largest absolute Gasteiger partial charge is 0.489 e. The minimum absolute atomic E-state index is 0. The molecule has 30 heavy (non-hydrogen) atoms. The van der Waals surface area contributed by atoms with Gasteiger partial charge in [-0.15, -0.1) is 35.3 Å². The maximum atomic E-state index is 5.96. The number of guanidine groups is 1. The van der Waals surface area contributed by atoms with Crippen LogP contribution in [-0.4, -0.2) is 62.9 Å². The molecule has 1 aromatic heterocycles. The highest BCUT2D eigenvalue weighted by atomic mass is 127. The van der Waals surface area contributed by atoms with E-state index in [-0.39, 0.29) is 36.1 Å². The van der Waals surface area contributed by atoms with E-state index in [0.717, 1.165) is 44.6 Å². The van der Waals surface area contributed by atoms with Gasteiger partial charge in [-0.05, 0) is 37.4 Å². The predicted octanol–water partition coefficient (Wildman–Crippen LogP) is 3.76. The van der Waals surface area contributed by atoms with Crippen LogP contribution in [0.25, 0.3) is 0 Å². The summed E-state index contributed by atoms with van der Waals surface area (Å²) in [5.41, 5.74) is 0. The number of nitrogens with zero attached hydrogens (tertiary/aromatic N) is 2. The van der Waals surface area contributed by atoms with Crippen LogP contribution in [-0.2, 0) is 4.74 Å². The zero-order valence-corrected chi connectivity index (χ0v) is 20.9. The van der Waals surface area contributed by atoms with E-state index < -0.39 is 0 Å². The van der Waals surface area contributed by atoms with E-state index in [4.69, 9.17) is 14.5 Å². The number of hydrogen-bond donors (Lipinski definition) is 2. The normalized spacial score (nSPS) is 16.9. The number of hydrogen-bond acceptors (Lipinski definition) is 5. The molecule has 3 rings (SSSR count). The summed E-state index contributed by atoms with van der Waals surface area (Å²) < 4.78 is 11.5. The first-order valence-electron chi connectivity index (χ1n) is 10.4. The van der Waals surface area contributed by atoms with Crippen molar-refractivity contribution in [1.82, 2.24) is 15.5 Å². The second-order valence-electron chi connectivity index (χ2n) is 7.02. The average Bonchev–Trinajstić information content (AvgIpc) is 3.28. The van der Waals surface area contributed by atoms with E-state index in [2.05, 4.69) is 46.9 Å². The molecule has 0 aliphatic carbocycles. The first-order valence-corrected chi connectivity index (χ1v) is 11.2. The molecule has 1 fully saturated rings. The average molecular weight is 545 g/mol. The lowest BCUT2D eigenvalue weighted by Gasteiger charge is -2.33. The topological polar surface area (TPSA) is 58.1 Å². The Morgan fingerprint density at radius 2 is 1.93 bits per heavy atom. The number of morpholine rings is 1. The summed E-state index contributed by atoms with van der Waals surface area (Å²) in [6.07, 6.45) is 0.0357. The zero-order chi connectivity index (χ0) is 20.3. The highest BCUT2D eigenvalue weighted by molar-refractivity contribution is 14.0. The third-order valence-corrected chi connectivity index (χ3v) is 5.74. The smallest absolute Gasteiger partial charge is 0.191 e. The number of rotatable bonds is 9. The van der Waals surface area contributed by atoms with Crippen molar-refractivity contribution in [3.05, 3.63) is 52.7 Å². The summed E-state index contributed by atoms with van der Waals surface area (Å²) in [6, 6.07) is 14.5. The molecule has 6 nitrogen and oxygen atoms in total. The fraction of sp³-hybridized carbons (Fsp3) is 0.500. The van der Waals surface area contributed by atoms with E-state index in [1.54, 1.807) is 11.3 Å². The minimum Gasteiger partial charge on any atom is -0.489 e. The van der Waals surface area contributed by atoms with E-state index >= 15 is 0 Å². The van der Waals surface area contributed by atoms with Gasteiger partial charge in [0.1, 0.15) is 11.9 Å². The molecular weight excluding hydrogens is 511 g/mol. The number of para-hydroxylation sites is 1. The Bertz CT molecular complexity index is 724. The van der Waals surface area contributed by atoms with Gasteiger partial charge in [0.05, 0.1) is 32.3 Å². The molecular formula is C22H33IN4O2S. The third-order valence-electron chi connectivity index (χ3n) is 4.76. The van der Waals surface area contributed by atoms with Crippen molar-refractivity contribution in [2.75, 3.05) is 45.9 Å². The van der Waals surface area contributed by atoms with Gasteiger partial charge in [0, 0.05) is 24.5 Å². The summed E-state index contributed by atoms with van der Waals surface area (Å²) in [4.78, 5) is 8.72. The Labute approximate surface area is 201 Å². The van der Waals surface area contributed by atoms with Crippen LogP contribution in [0.15, 0.2) is 52.8 Å². The first kappa shape index (κ1) is 24.9. The van der Waals surface area contributed by atoms with Crippen LogP contribution in [0.1, 0.15) is 24.8 Å². The molecule has 2 aromatic rings. The van der Waals surface area contributed by atoms with E-state index in [1.807, 2.05) is 30.3 Å². The molecule has 1 aliphatic heterocycles. The first-order chi connectivity index (χ1) is 14.3. The molecule has 2 N–H and O–H groups in total. The van der Waals surface area contributed by atoms with Crippen LogP contribution in [0.4, 0.5) is 0 Å². The van der Waals surface area contributed by atoms with Gasteiger partial charge in [0.2, 0.25) is 0 Å². The quantitative estimate of drug-likeness (QED) is 0.286. The van der Waals surface area contributed by atoms with Crippen molar-refractivity contribution in [1.29, 1.82) is 0 Å². The van der Waals surface area contributed by atoms with E-state index in [0.29, 0.717) is 13.1 Å².